The van der Waals surface area contributed by atoms with Gasteiger partial charge in [0.05, 0.1) is 0 Å². The maximum atomic E-state index is 13.6. The smallest absolute Gasteiger partial charge is 0.318 e. The van der Waals surface area contributed by atoms with Crippen LogP contribution in [0.15, 0.2) is 17.0 Å². The maximum absolute atomic E-state index is 13.6. The van der Waals surface area contributed by atoms with Gasteiger partial charge < -0.3 is 5.11 Å². The van der Waals surface area contributed by atoms with E-state index in [2.05, 4.69) is 0 Å². The second kappa shape index (κ2) is 6.44. The van der Waals surface area contributed by atoms with E-state index in [0.717, 1.165) is 0 Å². The lowest BCUT2D eigenvalue weighted by Crippen LogP contribution is -2.39. The Morgan fingerprint density at radius 1 is 1.24 bits per heavy atom. The number of sulfonamides is 1. The van der Waals surface area contributed by atoms with Gasteiger partial charge in [0.15, 0.2) is 4.90 Å². The highest BCUT2D eigenvalue weighted by molar-refractivity contribution is 7.89. The standard InChI is InChI=1S/C12H14F3NO4S/c1-7(2)5-16(6-11(17)18)21(19,20)12-9(14)3-8(13)4-10(12)15/h3-4,7H,5-6H2,1-2H3,(H,17,18). The van der Waals surface area contributed by atoms with Crippen LogP contribution in [0.5, 0.6) is 0 Å². The first-order valence-corrected chi connectivity index (χ1v) is 7.36. The number of carboxylic acid groups (broad SMARTS) is 1. The van der Waals surface area contributed by atoms with E-state index in [1.54, 1.807) is 13.8 Å². The molecule has 0 fully saturated rings. The normalized spacial score (nSPS) is 12.1. The predicted molar refractivity (Wildman–Crippen MR) is 67.5 cm³/mol. The van der Waals surface area contributed by atoms with Crippen LogP contribution in [-0.2, 0) is 14.8 Å². The van der Waals surface area contributed by atoms with E-state index in [9.17, 15) is 26.4 Å². The first kappa shape index (κ1) is 17.4. The minimum absolute atomic E-state index is 0.226. The molecule has 0 aliphatic heterocycles. The van der Waals surface area contributed by atoms with Gasteiger partial charge in [0.25, 0.3) is 0 Å². The quantitative estimate of drug-likeness (QED) is 0.866. The molecule has 0 bridgehead atoms. The number of carbonyl (C=O) groups is 1. The summed E-state index contributed by atoms with van der Waals surface area (Å²) in [6.45, 7) is 2.03. The van der Waals surface area contributed by atoms with Crippen LogP contribution in [0.2, 0.25) is 0 Å². The lowest BCUT2D eigenvalue weighted by molar-refractivity contribution is -0.137. The number of hydrogen-bond donors (Lipinski definition) is 1. The second-order valence-corrected chi connectivity index (χ2v) is 6.66. The number of benzene rings is 1. The summed E-state index contributed by atoms with van der Waals surface area (Å²) in [7, 11) is -4.73. The van der Waals surface area contributed by atoms with Gasteiger partial charge in [0.1, 0.15) is 24.0 Å². The van der Waals surface area contributed by atoms with E-state index in [4.69, 9.17) is 5.11 Å². The molecule has 0 unspecified atom stereocenters. The number of halogens is 3. The van der Waals surface area contributed by atoms with Crippen molar-refractivity contribution in [2.24, 2.45) is 5.92 Å². The van der Waals surface area contributed by atoms with Crippen LogP contribution in [0, 0.1) is 23.4 Å². The van der Waals surface area contributed by atoms with Crippen molar-refractivity contribution < 1.29 is 31.5 Å². The van der Waals surface area contributed by atoms with Gasteiger partial charge in [-0.05, 0) is 5.92 Å². The SMILES string of the molecule is CC(C)CN(CC(=O)O)S(=O)(=O)c1c(F)cc(F)cc1F. The summed E-state index contributed by atoms with van der Waals surface area (Å²) in [6, 6.07) is 0.453. The van der Waals surface area contributed by atoms with Gasteiger partial charge >= 0.3 is 5.97 Å². The molecule has 0 radical (unpaired) electrons. The van der Waals surface area contributed by atoms with E-state index in [1.807, 2.05) is 0 Å². The van der Waals surface area contributed by atoms with E-state index >= 15 is 0 Å². The third-order valence-corrected chi connectivity index (χ3v) is 4.31. The molecule has 9 heteroatoms. The monoisotopic (exact) mass is 325 g/mol. The van der Waals surface area contributed by atoms with Gasteiger partial charge in [-0.3, -0.25) is 4.79 Å². The molecule has 1 aromatic carbocycles. The fourth-order valence-corrected chi connectivity index (χ4v) is 3.35. The van der Waals surface area contributed by atoms with Crippen LogP contribution in [0.25, 0.3) is 0 Å². The summed E-state index contributed by atoms with van der Waals surface area (Å²) in [6.07, 6.45) is 0. The maximum Gasteiger partial charge on any atom is 0.318 e. The van der Waals surface area contributed by atoms with Crippen molar-refractivity contribution in [3.8, 4) is 0 Å². The highest BCUT2D eigenvalue weighted by Gasteiger charge is 2.33. The van der Waals surface area contributed by atoms with Crippen LogP contribution in [0.1, 0.15) is 13.8 Å². The second-order valence-electron chi connectivity index (χ2n) is 4.78. The van der Waals surface area contributed by atoms with Gasteiger partial charge in [-0.25, -0.2) is 21.6 Å². The van der Waals surface area contributed by atoms with Crippen molar-refractivity contribution in [1.82, 2.24) is 4.31 Å². The Hall–Kier alpha value is -1.61. The third-order valence-electron chi connectivity index (χ3n) is 2.44. The molecule has 5 nitrogen and oxygen atoms in total. The molecule has 1 rings (SSSR count). The molecule has 0 saturated carbocycles. The predicted octanol–water partition coefficient (Wildman–Crippen LogP) is 1.84. The number of hydrogen-bond acceptors (Lipinski definition) is 3. The molecule has 0 aliphatic rings. The average molecular weight is 325 g/mol. The molecular formula is C12H14F3NO4S. The van der Waals surface area contributed by atoms with Crippen molar-refractivity contribution in [3.63, 3.8) is 0 Å². The molecule has 0 spiro atoms. The van der Waals surface area contributed by atoms with Gasteiger partial charge in [0.2, 0.25) is 10.0 Å². The molecule has 0 atom stereocenters. The molecule has 0 aliphatic carbocycles. The number of rotatable bonds is 6. The van der Waals surface area contributed by atoms with E-state index in [-0.39, 0.29) is 24.6 Å². The van der Waals surface area contributed by atoms with Crippen molar-refractivity contribution in [1.29, 1.82) is 0 Å². The Kier molecular flexibility index (Phi) is 5.35. The summed E-state index contributed by atoms with van der Waals surface area (Å²) in [5, 5.41) is 8.74. The fourth-order valence-electron chi connectivity index (χ4n) is 1.71. The van der Waals surface area contributed by atoms with Crippen molar-refractivity contribution in [2.45, 2.75) is 18.7 Å². The van der Waals surface area contributed by atoms with E-state index in [1.165, 1.54) is 0 Å². The third kappa shape index (κ3) is 4.18. The Labute approximate surface area is 120 Å². The Morgan fingerprint density at radius 2 is 1.71 bits per heavy atom. The van der Waals surface area contributed by atoms with Crippen LogP contribution in [0.4, 0.5) is 13.2 Å². The zero-order valence-electron chi connectivity index (χ0n) is 11.3. The lowest BCUT2D eigenvalue weighted by atomic mass is 10.2. The molecule has 21 heavy (non-hydrogen) atoms. The van der Waals surface area contributed by atoms with Crippen molar-refractivity contribution in [3.05, 3.63) is 29.6 Å². The van der Waals surface area contributed by atoms with E-state index in [0.29, 0.717) is 4.31 Å². The van der Waals surface area contributed by atoms with Crippen molar-refractivity contribution >= 4 is 16.0 Å². The molecule has 0 saturated heterocycles. The fraction of sp³-hybridized carbons (Fsp3) is 0.417. The van der Waals surface area contributed by atoms with Crippen LogP contribution in [0.3, 0.4) is 0 Å². The summed E-state index contributed by atoms with van der Waals surface area (Å²) in [4.78, 5) is 9.38. The van der Waals surface area contributed by atoms with Crippen molar-refractivity contribution in [2.75, 3.05) is 13.1 Å². The zero-order chi connectivity index (χ0) is 16.4. The molecule has 0 heterocycles. The zero-order valence-corrected chi connectivity index (χ0v) is 12.1. The van der Waals surface area contributed by atoms with E-state index < -0.39 is 44.9 Å². The Bertz CT molecular complexity index is 623. The summed E-state index contributed by atoms with van der Waals surface area (Å²) >= 11 is 0. The summed E-state index contributed by atoms with van der Waals surface area (Å²) in [5.74, 6) is -6.22. The minimum Gasteiger partial charge on any atom is -0.480 e. The molecule has 118 valence electrons. The lowest BCUT2D eigenvalue weighted by Gasteiger charge is -2.22. The first-order valence-electron chi connectivity index (χ1n) is 5.92. The van der Waals surface area contributed by atoms with Crippen LogP contribution >= 0.6 is 0 Å². The Balaban J connectivity index is 3.38. The first-order chi connectivity index (χ1) is 9.55. The number of carboxylic acids is 1. The van der Waals surface area contributed by atoms with Gasteiger partial charge in [-0.15, -0.1) is 0 Å². The Morgan fingerprint density at radius 3 is 2.10 bits per heavy atom. The van der Waals surface area contributed by atoms with Crippen LogP contribution < -0.4 is 0 Å². The molecule has 1 aromatic rings. The average Bonchev–Trinajstić information content (AvgIpc) is 2.24. The van der Waals surface area contributed by atoms with Gasteiger partial charge in [-0.2, -0.15) is 4.31 Å². The van der Waals surface area contributed by atoms with Gasteiger partial charge in [0, 0.05) is 18.7 Å². The molecule has 0 amide bonds. The summed E-state index contributed by atoms with van der Waals surface area (Å²) < 4.78 is 64.9. The minimum atomic E-state index is -4.73. The summed E-state index contributed by atoms with van der Waals surface area (Å²) in [5.41, 5.74) is 0. The highest BCUT2D eigenvalue weighted by atomic mass is 32.2. The van der Waals surface area contributed by atoms with Gasteiger partial charge in [-0.1, -0.05) is 13.8 Å². The molecule has 0 aromatic heterocycles. The van der Waals surface area contributed by atoms with Crippen LogP contribution in [-0.4, -0.2) is 36.9 Å². The molecule has 1 N–H and O–H groups in total. The number of aliphatic carboxylic acids is 1. The number of nitrogens with zero attached hydrogens (tertiary/aromatic N) is 1. The largest absolute Gasteiger partial charge is 0.480 e. The topological polar surface area (TPSA) is 74.7 Å². The molecular weight excluding hydrogens is 311 g/mol. The highest BCUT2D eigenvalue weighted by Crippen LogP contribution is 2.24.